The molecule has 1 aromatic carbocycles. The van der Waals surface area contributed by atoms with Crippen molar-refractivity contribution in [3.05, 3.63) is 29.8 Å². The number of ether oxygens (including phenoxy) is 1. The van der Waals surface area contributed by atoms with Gasteiger partial charge in [-0.25, -0.2) is 0 Å². The van der Waals surface area contributed by atoms with E-state index in [9.17, 15) is 0 Å². The molecule has 0 aliphatic rings. The predicted octanol–water partition coefficient (Wildman–Crippen LogP) is 3.71. The number of nitrogens with zero attached hydrogens (tertiary/aromatic N) is 1. The van der Waals surface area contributed by atoms with Gasteiger partial charge >= 0.3 is 0 Å². The number of likely N-dealkylation sites (N-methyl/N-ethyl adjacent to an activating group) is 2. The Hall–Kier alpha value is -1.06. The molecule has 0 saturated heterocycles. The monoisotopic (exact) mass is 292 g/mol. The van der Waals surface area contributed by atoms with Gasteiger partial charge in [-0.1, -0.05) is 39.3 Å². The average Bonchev–Trinajstić information content (AvgIpc) is 2.51. The maximum absolute atomic E-state index is 5.64. The van der Waals surface area contributed by atoms with E-state index >= 15 is 0 Å². The molecule has 120 valence electrons. The summed E-state index contributed by atoms with van der Waals surface area (Å²) in [5.41, 5.74) is 1.32. The molecule has 3 nitrogen and oxygen atoms in total. The van der Waals surface area contributed by atoms with Gasteiger partial charge in [-0.3, -0.25) is 0 Å². The molecule has 2 unspecified atom stereocenters. The van der Waals surface area contributed by atoms with Gasteiger partial charge in [0, 0.05) is 19.1 Å². The second-order valence-electron chi connectivity index (χ2n) is 5.99. The minimum Gasteiger partial charge on any atom is -0.494 e. The van der Waals surface area contributed by atoms with Crippen molar-refractivity contribution in [3.63, 3.8) is 0 Å². The van der Waals surface area contributed by atoms with Crippen LogP contribution < -0.4 is 10.1 Å². The number of hydrogen-bond donors (Lipinski definition) is 1. The Labute approximate surface area is 130 Å². The van der Waals surface area contributed by atoms with Crippen molar-refractivity contribution in [2.45, 2.75) is 39.7 Å². The largest absolute Gasteiger partial charge is 0.494 e. The average molecular weight is 292 g/mol. The second kappa shape index (κ2) is 9.80. The van der Waals surface area contributed by atoms with Crippen LogP contribution in [0.3, 0.4) is 0 Å². The van der Waals surface area contributed by atoms with Crippen LogP contribution in [-0.2, 0) is 0 Å². The lowest BCUT2D eigenvalue weighted by Gasteiger charge is -2.26. The highest BCUT2D eigenvalue weighted by atomic mass is 16.5. The molecule has 1 aromatic rings. The fourth-order valence-electron chi connectivity index (χ4n) is 2.43. The SMILES string of the molecule is CCCOc1ccc(C(CN(C)CC(C)CC)NC)cc1. The van der Waals surface area contributed by atoms with Gasteiger partial charge in [0.05, 0.1) is 6.61 Å². The van der Waals surface area contributed by atoms with Gasteiger partial charge in [-0.05, 0) is 44.1 Å². The van der Waals surface area contributed by atoms with E-state index in [1.807, 2.05) is 7.05 Å². The lowest BCUT2D eigenvalue weighted by atomic mass is 10.0. The van der Waals surface area contributed by atoms with Crippen LogP contribution in [0.2, 0.25) is 0 Å². The Morgan fingerprint density at radius 3 is 2.33 bits per heavy atom. The zero-order valence-electron chi connectivity index (χ0n) is 14.4. The number of benzene rings is 1. The van der Waals surface area contributed by atoms with Crippen LogP contribution in [0.1, 0.15) is 45.2 Å². The summed E-state index contributed by atoms with van der Waals surface area (Å²) in [4.78, 5) is 2.41. The van der Waals surface area contributed by atoms with E-state index in [2.05, 4.69) is 62.3 Å². The summed E-state index contributed by atoms with van der Waals surface area (Å²) >= 11 is 0. The zero-order chi connectivity index (χ0) is 15.7. The predicted molar refractivity (Wildman–Crippen MR) is 91.0 cm³/mol. The van der Waals surface area contributed by atoms with Crippen LogP contribution in [0.4, 0.5) is 0 Å². The first kappa shape index (κ1) is 18.0. The van der Waals surface area contributed by atoms with Crippen LogP contribution in [0.25, 0.3) is 0 Å². The Balaban J connectivity index is 2.58. The summed E-state index contributed by atoms with van der Waals surface area (Å²) < 4.78 is 5.64. The first-order valence-electron chi connectivity index (χ1n) is 8.19. The third kappa shape index (κ3) is 6.49. The van der Waals surface area contributed by atoms with E-state index in [1.54, 1.807) is 0 Å². The third-order valence-electron chi connectivity index (χ3n) is 3.92. The lowest BCUT2D eigenvalue weighted by Crippen LogP contribution is -2.33. The Morgan fingerprint density at radius 1 is 1.14 bits per heavy atom. The number of nitrogens with one attached hydrogen (secondary N) is 1. The van der Waals surface area contributed by atoms with Gasteiger partial charge in [0.2, 0.25) is 0 Å². The molecule has 2 atom stereocenters. The maximum Gasteiger partial charge on any atom is 0.119 e. The summed E-state index contributed by atoms with van der Waals surface area (Å²) in [6, 6.07) is 8.85. The highest BCUT2D eigenvalue weighted by Crippen LogP contribution is 2.19. The van der Waals surface area contributed by atoms with E-state index in [0.717, 1.165) is 37.8 Å². The Bertz CT molecular complexity index is 377. The van der Waals surface area contributed by atoms with Gasteiger partial charge in [0.1, 0.15) is 5.75 Å². The van der Waals surface area contributed by atoms with Crippen LogP contribution in [-0.4, -0.2) is 38.7 Å². The molecule has 1 N–H and O–H groups in total. The van der Waals surface area contributed by atoms with Crippen molar-refractivity contribution < 1.29 is 4.74 Å². The van der Waals surface area contributed by atoms with Crippen LogP contribution in [0.15, 0.2) is 24.3 Å². The van der Waals surface area contributed by atoms with Gasteiger partial charge in [0.15, 0.2) is 0 Å². The molecule has 0 amide bonds. The van der Waals surface area contributed by atoms with Crippen LogP contribution in [0, 0.1) is 5.92 Å². The molecule has 0 spiro atoms. The van der Waals surface area contributed by atoms with Crippen molar-refractivity contribution in [2.24, 2.45) is 5.92 Å². The normalized spacial score (nSPS) is 14.2. The van der Waals surface area contributed by atoms with E-state index in [1.165, 1.54) is 12.0 Å². The quantitative estimate of drug-likeness (QED) is 0.711. The molecule has 1 rings (SSSR count). The van der Waals surface area contributed by atoms with Gasteiger partial charge in [0.25, 0.3) is 0 Å². The molecule has 3 heteroatoms. The highest BCUT2D eigenvalue weighted by molar-refractivity contribution is 5.29. The molecule has 0 saturated carbocycles. The second-order valence-corrected chi connectivity index (χ2v) is 5.99. The summed E-state index contributed by atoms with van der Waals surface area (Å²) in [7, 11) is 4.23. The van der Waals surface area contributed by atoms with Crippen molar-refractivity contribution in [1.29, 1.82) is 0 Å². The zero-order valence-corrected chi connectivity index (χ0v) is 14.4. The molecule has 0 fully saturated rings. The molecule has 0 bridgehead atoms. The van der Waals surface area contributed by atoms with Crippen molar-refractivity contribution in [1.82, 2.24) is 10.2 Å². The Kier molecular flexibility index (Phi) is 8.40. The highest BCUT2D eigenvalue weighted by Gasteiger charge is 2.13. The van der Waals surface area contributed by atoms with Crippen LogP contribution in [0.5, 0.6) is 5.75 Å². The molecule has 0 aliphatic heterocycles. The molecule has 0 aromatic heterocycles. The summed E-state index contributed by atoms with van der Waals surface area (Å²) in [6.07, 6.45) is 2.28. The fraction of sp³-hybridized carbons (Fsp3) is 0.667. The molecule has 21 heavy (non-hydrogen) atoms. The van der Waals surface area contributed by atoms with Gasteiger partial charge in [-0.2, -0.15) is 0 Å². The van der Waals surface area contributed by atoms with Crippen LogP contribution >= 0.6 is 0 Å². The van der Waals surface area contributed by atoms with Gasteiger partial charge in [-0.15, -0.1) is 0 Å². The topological polar surface area (TPSA) is 24.5 Å². The summed E-state index contributed by atoms with van der Waals surface area (Å²) in [6.45, 7) is 9.64. The van der Waals surface area contributed by atoms with E-state index < -0.39 is 0 Å². The van der Waals surface area contributed by atoms with E-state index in [0.29, 0.717) is 6.04 Å². The van der Waals surface area contributed by atoms with Gasteiger partial charge < -0.3 is 15.0 Å². The third-order valence-corrected chi connectivity index (χ3v) is 3.92. The smallest absolute Gasteiger partial charge is 0.119 e. The molecular weight excluding hydrogens is 260 g/mol. The molecule has 0 heterocycles. The maximum atomic E-state index is 5.64. The fourth-order valence-corrected chi connectivity index (χ4v) is 2.43. The van der Waals surface area contributed by atoms with Crippen molar-refractivity contribution in [3.8, 4) is 5.75 Å². The first-order valence-corrected chi connectivity index (χ1v) is 8.19. The molecular formula is C18H32N2O. The van der Waals surface area contributed by atoms with Crippen molar-refractivity contribution in [2.75, 3.05) is 33.8 Å². The summed E-state index contributed by atoms with van der Waals surface area (Å²) in [5.74, 6) is 1.71. The Morgan fingerprint density at radius 2 is 1.81 bits per heavy atom. The minimum atomic E-state index is 0.360. The van der Waals surface area contributed by atoms with E-state index in [-0.39, 0.29) is 0 Å². The molecule has 0 aliphatic carbocycles. The number of rotatable bonds is 10. The minimum absolute atomic E-state index is 0.360. The standard InChI is InChI=1S/C18H32N2O/c1-6-12-21-17-10-8-16(9-11-17)18(19-4)14-20(5)13-15(3)7-2/h8-11,15,18-19H,6-7,12-14H2,1-5H3. The molecule has 0 radical (unpaired) electrons. The summed E-state index contributed by atoms with van der Waals surface area (Å²) in [5, 5.41) is 3.42. The van der Waals surface area contributed by atoms with Crippen molar-refractivity contribution >= 4 is 0 Å². The lowest BCUT2D eigenvalue weighted by molar-refractivity contribution is 0.256. The number of hydrogen-bond acceptors (Lipinski definition) is 3. The van der Waals surface area contributed by atoms with E-state index in [4.69, 9.17) is 4.74 Å². The first-order chi connectivity index (χ1) is 10.1.